The Kier molecular flexibility index (Phi) is 4.59. The third kappa shape index (κ3) is 3.57. The summed E-state index contributed by atoms with van der Waals surface area (Å²) in [6.07, 6.45) is 1.10. The molecule has 1 aromatic heterocycles. The van der Waals surface area contributed by atoms with Crippen LogP contribution in [0.25, 0.3) is 10.2 Å². The molecule has 0 spiro atoms. The van der Waals surface area contributed by atoms with Crippen molar-refractivity contribution in [2.24, 2.45) is 0 Å². The highest BCUT2D eigenvalue weighted by Gasteiger charge is 2.05. The number of rotatable bonds is 6. The number of nitrogens with one attached hydrogen (secondary N) is 1. The van der Waals surface area contributed by atoms with Gasteiger partial charge in [0.2, 0.25) is 0 Å². The van der Waals surface area contributed by atoms with E-state index in [1.165, 1.54) is 11.1 Å². The van der Waals surface area contributed by atoms with Crippen LogP contribution in [0.3, 0.4) is 0 Å². The molecule has 0 aliphatic heterocycles. The highest BCUT2D eigenvalue weighted by atomic mass is 32.1. The molecular weight excluding hydrogens is 292 g/mol. The highest BCUT2D eigenvalue weighted by Crippen LogP contribution is 2.29. The Bertz CT molecular complexity index is 749. The number of hydrogen-bond acceptors (Lipinski definition) is 4. The molecular formula is C18H20N2OS. The molecule has 114 valence electrons. The van der Waals surface area contributed by atoms with E-state index in [0.717, 1.165) is 34.1 Å². The van der Waals surface area contributed by atoms with E-state index in [-0.39, 0.29) is 0 Å². The number of benzene rings is 2. The topological polar surface area (TPSA) is 34.2 Å². The van der Waals surface area contributed by atoms with Crippen molar-refractivity contribution in [2.75, 3.05) is 11.9 Å². The van der Waals surface area contributed by atoms with Gasteiger partial charge in [0.05, 0.1) is 10.2 Å². The fourth-order valence-electron chi connectivity index (χ4n) is 2.15. The zero-order chi connectivity index (χ0) is 15.4. The van der Waals surface area contributed by atoms with Crippen molar-refractivity contribution in [3.05, 3.63) is 53.6 Å². The van der Waals surface area contributed by atoms with Crippen molar-refractivity contribution in [3.8, 4) is 5.75 Å². The van der Waals surface area contributed by atoms with Gasteiger partial charge in [0.25, 0.3) is 0 Å². The van der Waals surface area contributed by atoms with Gasteiger partial charge >= 0.3 is 0 Å². The minimum atomic E-state index is 0.589. The molecule has 3 aromatic rings. The van der Waals surface area contributed by atoms with Crippen molar-refractivity contribution in [3.63, 3.8) is 0 Å². The first-order chi connectivity index (χ1) is 10.7. The van der Waals surface area contributed by atoms with Crippen LogP contribution < -0.4 is 10.1 Å². The van der Waals surface area contributed by atoms with Crippen LogP contribution in [0.15, 0.2) is 42.5 Å². The lowest BCUT2D eigenvalue weighted by molar-refractivity contribution is 0.306. The molecule has 1 N–H and O–H groups in total. The Morgan fingerprint density at radius 1 is 1.14 bits per heavy atom. The summed E-state index contributed by atoms with van der Waals surface area (Å²) in [5, 5.41) is 4.31. The first-order valence-corrected chi connectivity index (χ1v) is 8.39. The molecule has 0 bridgehead atoms. The smallest absolute Gasteiger partial charge is 0.183 e. The number of fused-ring (bicyclic) bond motifs is 1. The summed E-state index contributed by atoms with van der Waals surface area (Å²) in [5.41, 5.74) is 3.47. The minimum absolute atomic E-state index is 0.589. The molecule has 2 aromatic carbocycles. The van der Waals surface area contributed by atoms with E-state index in [9.17, 15) is 0 Å². The largest absolute Gasteiger partial charge is 0.489 e. The van der Waals surface area contributed by atoms with Gasteiger partial charge in [0.1, 0.15) is 12.4 Å². The van der Waals surface area contributed by atoms with Gasteiger partial charge in [0, 0.05) is 6.54 Å². The normalized spacial score (nSPS) is 10.8. The average molecular weight is 312 g/mol. The minimum Gasteiger partial charge on any atom is -0.489 e. The molecule has 0 fully saturated rings. The third-order valence-electron chi connectivity index (χ3n) is 3.41. The van der Waals surface area contributed by atoms with Gasteiger partial charge in [-0.25, -0.2) is 4.98 Å². The molecule has 0 unspecified atom stereocenters. The van der Waals surface area contributed by atoms with Gasteiger partial charge < -0.3 is 10.1 Å². The van der Waals surface area contributed by atoms with E-state index in [2.05, 4.69) is 54.5 Å². The van der Waals surface area contributed by atoms with Gasteiger partial charge in [-0.3, -0.25) is 0 Å². The monoisotopic (exact) mass is 312 g/mol. The molecule has 0 aliphatic rings. The number of nitrogens with zero attached hydrogens (tertiary/aromatic N) is 1. The molecule has 0 aliphatic carbocycles. The van der Waals surface area contributed by atoms with Crippen LogP contribution >= 0.6 is 11.3 Å². The van der Waals surface area contributed by atoms with E-state index in [4.69, 9.17) is 4.74 Å². The predicted octanol–water partition coefficient (Wildman–Crippen LogP) is 5.01. The Hall–Kier alpha value is -2.07. The molecule has 0 amide bonds. The molecule has 3 nitrogen and oxygen atoms in total. The number of ether oxygens (including phenoxy) is 1. The second-order valence-electron chi connectivity index (χ2n) is 5.35. The maximum absolute atomic E-state index is 5.89. The maximum Gasteiger partial charge on any atom is 0.183 e. The second kappa shape index (κ2) is 6.79. The Labute approximate surface area is 135 Å². The molecule has 3 rings (SSSR count). The molecule has 0 atom stereocenters. The van der Waals surface area contributed by atoms with Crippen LogP contribution in [0, 0.1) is 6.92 Å². The summed E-state index contributed by atoms with van der Waals surface area (Å²) < 4.78 is 7.04. The highest BCUT2D eigenvalue weighted by molar-refractivity contribution is 7.22. The summed E-state index contributed by atoms with van der Waals surface area (Å²) in [7, 11) is 0. The van der Waals surface area contributed by atoms with E-state index in [1.807, 2.05) is 12.1 Å². The van der Waals surface area contributed by atoms with Gasteiger partial charge in [-0.05, 0) is 37.1 Å². The standard InChI is InChI=1S/C18H20N2OS/c1-3-10-19-18-20-16-9-8-15(11-17(16)22-18)21-12-14-6-4-13(2)5-7-14/h4-9,11H,3,10,12H2,1-2H3,(H,19,20). The lowest BCUT2D eigenvalue weighted by atomic mass is 10.2. The number of anilines is 1. The van der Waals surface area contributed by atoms with Crippen LogP contribution in [0.5, 0.6) is 5.75 Å². The van der Waals surface area contributed by atoms with Crippen LogP contribution in [-0.2, 0) is 6.61 Å². The third-order valence-corrected chi connectivity index (χ3v) is 4.39. The summed E-state index contributed by atoms with van der Waals surface area (Å²) in [6, 6.07) is 14.5. The maximum atomic E-state index is 5.89. The van der Waals surface area contributed by atoms with Crippen molar-refractivity contribution < 1.29 is 4.74 Å². The first-order valence-electron chi connectivity index (χ1n) is 7.57. The van der Waals surface area contributed by atoms with Crippen LogP contribution in [-0.4, -0.2) is 11.5 Å². The molecule has 1 heterocycles. The van der Waals surface area contributed by atoms with Crippen LogP contribution in [0.4, 0.5) is 5.13 Å². The molecule has 0 saturated carbocycles. The van der Waals surface area contributed by atoms with Crippen LogP contribution in [0.2, 0.25) is 0 Å². The number of aryl methyl sites for hydroxylation is 1. The van der Waals surface area contributed by atoms with Gasteiger partial charge in [-0.2, -0.15) is 0 Å². The average Bonchev–Trinajstić information content (AvgIpc) is 2.94. The van der Waals surface area contributed by atoms with Gasteiger partial charge in [-0.15, -0.1) is 0 Å². The Morgan fingerprint density at radius 2 is 1.95 bits per heavy atom. The van der Waals surface area contributed by atoms with Crippen molar-refractivity contribution in [1.82, 2.24) is 4.98 Å². The van der Waals surface area contributed by atoms with Crippen molar-refractivity contribution in [2.45, 2.75) is 26.9 Å². The number of hydrogen-bond donors (Lipinski definition) is 1. The predicted molar refractivity (Wildman–Crippen MR) is 93.9 cm³/mol. The molecule has 4 heteroatoms. The fraction of sp³-hybridized carbons (Fsp3) is 0.278. The lowest BCUT2D eigenvalue weighted by Crippen LogP contribution is -1.98. The summed E-state index contributed by atoms with van der Waals surface area (Å²) in [4.78, 5) is 4.57. The van der Waals surface area contributed by atoms with Gasteiger partial charge in [0.15, 0.2) is 5.13 Å². The SMILES string of the molecule is CCCNc1nc2ccc(OCc3ccc(C)cc3)cc2s1. The van der Waals surface area contributed by atoms with E-state index >= 15 is 0 Å². The second-order valence-corrected chi connectivity index (χ2v) is 6.38. The Morgan fingerprint density at radius 3 is 2.73 bits per heavy atom. The lowest BCUT2D eigenvalue weighted by Gasteiger charge is -2.06. The van der Waals surface area contributed by atoms with E-state index < -0.39 is 0 Å². The fourth-order valence-corrected chi connectivity index (χ4v) is 3.07. The van der Waals surface area contributed by atoms with E-state index in [0.29, 0.717) is 6.61 Å². The van der Waals surface area contributed by atoms with E-state index in [1.54, 1.807) is 11.3 Å². The Balaban J connectivity index is 1.69. The molecule has 0 saturated heterocycles. The molecule has 0 radical (unpaired) electrons. The summed E-state index contributed by atoms with van der Waals surface area (Å²) >= 11 is 1.67. The zero-order valence-corrected chi connectivity index (χ0v) is 13.7. The summed E-state index contributed by atoms with van der Waals surface area (Å²) in [5.74, 6) is 0.888. The van der Waals surface area contributed by atoms with Crippen molar-refractivity contribution >= 4 is 26.7 Å². The van der Waals surface area contributed by atoms with Crippen LogP contribution in [0.1, 0.15) is 24.5 Å². The summed E-state index contributed by atoms with van der Waals surface area (Å²) in [6.45, 7) is 5.78. The zero-order valence-electron chi connectivity index (χ0n) is 12.9. The number of thiazole rings is 1. The van der Waals surface area contributed by atoms with Crippen molar-refractivity contribution in [1.29, 1.82) is 0 Å². The molecule has 22 heavy (non-hydrogen) atoms. The number of aromatic nitrogens is 1. The first kappa shape index (κ1) is 14.9. The quantitative estimate of drug-likeness (QED) is 0.695. The van der Waals surface area contributed by atoms with Gasteiger partial charge in [-0.1, -0.05) is 48.1 Å².